The van der Waals surface area contributed by atoms with Gasteiger partial charge in [0.05, 0.1) is 12.2 Å². The van der Waals surface area contributed by atoms with Gasteiger partial charge in [0.1, 0.15) is 5.75 Å². The van der Waals surface area contributed by atoms with Gasteiger partial charge >= 0.3 is 11.9 Å². The Morgan fingerprint density at radius 2 is 1.82 bits per heavy atom. The quantitative estimate of drug-likeness (QED) is 0.830. The molecule has 0 heterocycles. The van der Waals surface area contributed by atoms with E-state index < -0.39 is 18.0 Å². The summed E-state index contributed by atoms with van der Waals surface area (Å²) in [6, 6.07) is 14.9. The second kappa shape index (κ2) is 7.26. The Bertz CT molecular complexity index is 651. The van der Waals surface area contributed by atoms with Crippen molar-refractivity contribution in [2.45, 2.75) is 13.0 Å². The van der Waals surface area contributed by atoms with Crippen LogP contribution in [0.1, 0.15) is 28.9 Å². The Morgan fingerprint density at radius 3 is 2.45 bits per heavy atom. The molecule has 2 aromatic rings. The molecule has 0 bridgehead atoms. The molecule has 0 radical (unpaired) electrons. The van der Waals surface area contributed by atoms with Crippen LogP contribution in [-0.2, 0) is 9.53 Å². The monoisotopic (exact) mass is 300 g/mol. The SMILES string of the molecule is CCOC(=O)c1cccc(OC(C(=O)O)c2ccccc2)c1. The van der Waals surface area contributed by atoms with Crippen LogP contribution in [0, 0.1) is 0 Å². The smallest absolute Gasteiger partial charge is 0.349 e. The second-order valence-electron chi connectivity index (χ2n) is 4.50. The number of rotatable bonds is 6. The first-order valence-electron chi connectivity index (χ1n) is 6.83. The van der Waals surface area contributed by atoms with Gasteiger partial charge in [-0.25, -0.2) is 9.59 Å². The molecule has 0 fully saturated rings. The van der Waals surface area contributed by atoms with E-state index in [0.717, 1.165) is 0 Å². The van der Waals surface area contributed by atoms with Crippen molar-refractivity contribution in [3.05, 3.63) is 65.7 Å². The average Bonchev–Trinajstić information content (AvgIpc) is 2.53. The zero-order valence-corrected chi connectivity index (χ0v) is 12.1. The lowest BCUT2D eigenvalue weighted by atomic mass is 10.1. The molecule has 0 aromatic heterocycles. The summed E-state index contributed by atoms with van der Waals surface area (Å²) in [4.78, 5) is 23.1. The summed E-state index contributed by atoms with van der Waals surface area (Å²) in [5.74, 6) is -1.28. The zero-order valence-electron chi connectivity index (χ0n) is 12.1. The normalized spacial score (nSPS) is 11.5. The molecule has 22 heavy (non-hydrogen) atoms. The molecule has 5 nitrogen and oxygen atoms in total. The van der Waals surface area contributed by atoms with Crippen LogP contribution >= 0.6 is 0 Å². The van der Waals surface area contributed by atoms with E-state index >= 15 is 0 Å². The Morgan fingerprint density at radius 1 is 1.09 bits per heavy atom. The number of carboxylic acid groups (broad SMARTS) is 1. The number of hydrogen-bond donors (Lipinski definition) is 1. The molecular formula is C17H16O5. The highest BCUT2D eigenvalue weighted by atomic mass is 16.5. The third-order valence-corrected chi connectivity index (χ3v) is 2.93. The summed E-state index contributed by atoms with van der Waals surface area (Å²) in [6.07, 6.45) is -1.14. The van der Waals surface area contributed by atoms with E-state index in [9.17, 15) is 14.7 Å². The molecule has 0 amide bonds. The number of carboxylic acids is 1. The summed E-state index contributed by atoms with van der Waals surface area (Å²) in [5.41, 5.74) is 0.841. The van der Waals surface area contributed by atoms with Crippen LogP contribution in [0.2, 0.25) is 0 Å². The van der Waals surface area contributed by atoms with E-state index in [4.69, 9.17) is 9.47 Å². The third kappa shape index (κ3) is 3.85. The average molecular weight is 300 g/mol. The van der Waals surface area contributed by atoms with Gasteiger partial charge in [0.2, 0.25) is 6.10 Å². The highest BCUT2D eigenvalue weighted by Crippen LogP contribution is 2.23. The van der Waals surface area contributed by atoms with Gasteiger partial charge in [-0.15, -0.1) is 0 Å². The first kappa shape index (κ1) is 15.6. The summed E-state index contributed by atoms with van der Waals surface area (Å²) in [5, 5.41) is 9.33. The fraction of sp³-hybridized carbons (Fsp3) is 0.176. The van der Waals surface area contributed by atoms with Gasteiger partial charge in [-0.2, -0.15) is 0 Å². The minimum atomic E-state index is -1.14. The molecule has 2 rings (SSSR count). The lowest BCUT2D eigenvalue weighted by Crippen LogP contribution is -2.18. The largest absolute Gasteiger partial charge is 0.478 e. The molecule has 1 N–H and O–H groups in total. The number of ether oxygens (including phenoxy) is 2. The van der Waals surface area contributed by atoms with E-state index in [-0.39, 0.29) is 6.61 Å². The van der Waals surface area contributed by atoms with E-state index in [0.29, 0.717) is 16.9 Å². The number of benzene rings is 2. The molecule has 0 spiro atoms. The lowest BCUT2D eigenvalue weighted by molar-refractivity contribution is -0.145. The number of carbonyl (C=O) groups is 2. The van der Waals surface area contributed by atoms with E-state index in [1.54, 1.807) is 55.5 Å². The van der Waals surface area contributed by atoms with Crippen molar-refractivity contribution in [2.24, 2.45) is 0 Å². The van der Waals surface area contributed by atoms with Crippen molar-refractivity contribution >= 4 is 11.9 Å². The summed E-state index contributed by atoms with van der Waals surface area (Å²) < 4.78 is 10.4. The molecule has 0 saturated heterocycles. The van der Waals surface area contributed by atoms with Crippen LogP contribution in [-0.4, -0.2) is 23.7 Å². The molecular weight excluding hydrogens is 284 g/mol. The maximum atomic E-state index is 11.7. The van der Waals surface area contributed by atoms with Crippen LogP contribution in [0.4, 0.5) is 0 Å². The maximum absolute atomic E-state index is 11.7. The van der Waals surface area contributed by atoms with Gasteiger partial charge in [0.25, 0.3) is 0 Å². The minimum absolute atomic E-state index is 0.270. The predicted molar refractivity (Wildman–Crippen MR) is 79.8 cm³/mol. The van der Waals surface area contributed by atoms with E-state index in [2.05, 4.69) is 0 Å². The van der Waals surface area contributed by atoms with Crippen LogP contribution in [0.3, 0.4) is 0 Å². The van der Waals surface area contributed by atoms with Gasteiger partial charge in [-0.05, 0) is 25.1 Å². The molecule has 5 heteroatoms. The standard InChI is InChI=1S/C17H16O5/c1-2-21-17(20)13-9-6-10-14(11-13)22-15(16(18)19)12-7-4-3-5-8-12/h3-11,15H,2H2,1H3,(H,18,19). The van der Waals surface area contributed by atoms with Crippen molar-refractivity contribution in [1.29, 1.82) is 0 Å². The molecule has 114 valence electrons. The maximum Gasteiger partial charge on any atom is 0.349 e. The van der Waals surface area contributed by atoms with Crippen molar-refractivity contribution < 1.29 is 24.2 Å². The number of carbonyl (C=O) groups excluding carboxylic acids is 1. The van der Waals surface area contributed by atoms with Crippen molar-refractivity contribution in [3.63, 3.8) is 0 Å². The van der Waals surface area contributed by atoms with Gasteiger partial charge in [0.15, 0.2) is 0 Å². The summed E-state index contributed by atoms with van der Waals surface area (Å²) in [7, 11) is 0. The first-order chi connectivity index (χ1) is 10.6. The zero-order chi connectivity index (χ0) is 15.9. The van der Waals surface area contributed by atoms with Crippen molar-refractivity contribution in [2.75, 3.05) is 6.61 Å². The Balaban J connectivity index is 2.22. The highest BCUT2D eigenvalue weighted by Gasteiger charge is 2.22. The first-order valence-corrected chi connectivity index (χ1v) is 6.83. The Kier molecular flexibility index (Phi) is 5.14. The fourth-order valence-electron chi connectivity index (χ4n) is 1.94. The number of aliphatic carboxylic acids is 1. The van der Waals surface area contributed by atoms with Crippen LogP contribution in [0.15, 0.2) is 54.6 Å². The van der Waals surface area contributed by atoms with Crippen LogP contribution < -0.4 is 4.74 Å². The molecule has 0 aliphatic rings. The van der Waals surface area contributed by atoms with Crippen LogP contribution in [0.25, 0.3) is 0 Å². The molecule has 1 atom stereocenters. The predicted octanol–water partition coefficient (Wildman–Crippen LogP) is 3.07. The fourth-order valence-corrected chi connectivity index (χ4v) is 1.94. The lowest BCUT2D eigenvalue weighted by Gasteiger charge is -2.16. The van der Waals surface area contributed by atoms with Gasteiger partial charge in [-0.1, -0.05) is 36.4 Å². The van der Waals surface area contributed by atoms with Crippen molar-refractivity contribution in [1.82, 2.24) is 0 Å². The van der Waals surface area contributed by atoms with Crippen LogP contribution in [0.5, 0.6) is 5.75 Å². The van der Waals surface area contributed by atoms with E-state index in [1.165, 1.54) is 6.07 Å². The van der Waals surface area contributed by atoms with Crippen molar-refractivity contribution in [3.8, 4) is 5.75 Å². The summed E-state index contributed by atoms with van der Waals surface area (Å²) in [6.45, 7) is 1.99. The van der Waals surface area contributed by atoms with Gasteiger partial charge in [0, 0.05) is 5.56 Å². The number of hydrogen-bond acceptors (Lipinski definition) is 4. The Hall–Kier alpha value is -2.82. The summed E-state index contributed by atoms with van der Waals surface area (Å²) >= 11 is 0. The molecule has 0 saturated carbocycles. The topological polar surface area (TPSA) is 72.8 Å². The molecule has 0 aliphatic heterocycles. The molecule has 2 aromatic carbocycles. The number of esters is 1. The van der Waals surface area contributed by atoms with Gasteiger partial charge < -0.3 is 14.6 Å². The second-order valence-corrected chi connectivity index (χ2v) is 4.50. The van der Waals surface area contributed by atoms with Gasteiger partial charge in [-0.3, -0.25) is 0 Å². The highest BCUT2D eigenvalue weighted by molar-refractivity contribution is 5.89. The molecule has 0 aliphatic carbocycles. The van der Waals surface area contributed by atoms with E-state index in [1.807, 2.05) is 0 Å². The minimum Gasteiger partial charge on any atom is -0.478 e. The molecule has 1 unspecified atom stereocenters. The Labute approximate surface area is 128 Å². The third-order valence-electron chi connectivity index (χ3n) is 2.93.